The lowest BCUT2D eigenvalue weighted by atomic mass is 10.0. The number of benzene rings is 1. The molecule has 0 unspecified atom stereocenters. The summed E-state index contributed by atoms with van der Waals surface area (Å²) in [6.07, 6.45) is 4.70. The second kappa shape index (κ2) is 4.47. The topological polar surface area (TPSA) is 92.5 Å². The molecule has 2 fully saturated rings. The summed E-state index contributed by atoms with van der Waals surface area (Å²) in [5.74, 6) is 0.0746. The summed E-state index contributed by atoms with van der Waals surface area (Å²) in [4.78, 5) is 22.4. The van der Waals surface area contributed by atoms with Crippen LogP contribution >= 0.6 is 0 Å². The Morgan fingerprint density at radius 2 is 2.15 bits per heavy atom. The molecule has 1 aromatic rings. The number of hydrogen-bond acceptors (Lipinski definition) is 4. The fourth-order valence-electron chi connectivity index (χ4n) is 2.80. The van der Waals surface area contributed by atoms with Gasteiger partial charge in [-0.25, -0.2) is 0 Å². The maximum absolute atomic E-state index is 12.1. The number of amides is 1. The highest BCUT2D eigenvalue weighted by Crippen LogP contribution is 2.60. The Morgan fingerprint density at radius 3 is 2.70 bits per heavy atom. The lowest BCUT2D eigenvalue weighted by molar-refractivity contribution is -0.385. The van der Waals surface area contributed by atoms with E-state index in [9.17, 15) is 20.0 Å². The third-order valence-corrected chi connectivity index (χ3v) is 4.36. The normalized spacial score (nSPS) is 19.4. The summed E-state index contributed by atoms with van der Waals surface area (Å²) in [5.41, 5.74) is -0.125. The van der Waals surface area contributed by atoms with Crippen LogP contribution in [0.1, 0.15) is 36.0 Å². The molecule has 0 radical (unpaired) electrons. The number of hydrogen-bond donors (Lipinski definition) is 2. The average molecular weight is 276 g/mol. The summed E-state index contributed by atoms with van der Waals surface area (Å²) < 4.78 is 0. The molecule has 2 N–H and O–H groups in total. The minimum atomic E-state index is -0.609. The predicted octanol–water partition coefficient (Wildman–Crippen LogP) is 2.22. The van der Waals surface area contributed by atoms with E-state index in [1.807, 2.05) is 0 Å². The van der Waals surface area contributed by atoms with E-state index < -0.39 is 10.8 Å². The number of phenols is 1. The molecule has 20 heavy (non-hydrogen) atoms. The number of rotatable bonds is 5. The van der Waals surface area contributed by atoms with E-state index in [0.29, 0.717) is 12.5 Å². The van der Waals surface area contributed by atoms with Crippen LogP contribution < -0.4 is 5.32 Å². The second-order valence-electron chi connectivity index (χ2n) is 5.78. The van der Waals surface area contributed by atoms with Gasteiger partial charge in [0.1, 0.15) is 11.3 Å². The number of nitro benzene ring substituents is 1. The maximum atomic E-state index is 12.1. The minimum absolute atomic E-state index is 0.0819. The zero-order valence-corrected chi connectivity index (χ0v) is 11.0. The zero-order chi connectivity index (χ0) is 14.3. The van der Waals surface area contributed by atoms with Gasteiger partial charge in [0.2, 0.25) is 0 Å². The van der Waals surface area contributed by atoms with Crippen LogP contribution in [0.5, 0.6) is 5.75 Å². The highest BCUT2D eigenvalue weighted by molar-refractivity contribution is 5.98. The summed E-state index contributed by atoms with van der Waals surface area (Å²) in [5, 5.41) is 23.1. The first-order valence-electron chi connectivity index (χ1n) is 6.77. The van der Waals surface area contributed by atoms with E-state index in [-0.39, 0.29) is 22.4 Å². The summed E-state index contributed by atoms with van der Waals surface area (Å²) in [6.45, 7) is 0.573. The summed E-state index contributed by atoms with van der Waals surface area (Å²) in [7, 11) is 0. The molecule has 3 rings (SSSR count). The molecular formula is C14H16N2O4. The van der Waals surface area contributed by atoms with Crippen LogP contribution in [0.15, 0.2) is 18.2 Å². The Hall–Kier alpha value is -2.11. The smallest absolute Gasteiger partial charge is 0.282 e. The van der Waals surface area contributed by atoms with Gasteiger partial charge in [0.25, 0.3) is 11.6 Å². The molecule has 0 aromatic heterocycles. The zero-order valence-electron chi connectivity index (χ0n) is 11.0. The first kappa shape index (κ1) is 12.9. The molecular weight excluding hydrogens is 260 g/mol. The number of nitro groups is 1. The van der Waals surface area contributed by atoms with Gasteiger partial charge in [-0.1, -0.05) is 0 Å². The third-order valence-electron chi connectivity index (χ3n) is 4.36. The Morgan fingerprint density at radius 1 is 1.45 bits per heavy atom. The molecule has 2 aliphatic rings. The molecule has 0 saturated heterocycles. The highest BCUT2D eigenvalue weighted by Gasteiger charge is 2.53. The SMILES string of the molecule is O=C(NCC1(C2CC2)CC1)c1cc(O)ccc1[N+](=O)[O-]. The van der Waals surface area contributed by atoms with Crippen molar-refractivity contribution in [1.29, 1.82) is 0 Å². The Balaban J connectivity index is 1.73. The first-order chi connectivity index (χ1) is 9.52. The van der Waals surface area contributed by atoms with Gasteiger partial charge in [-0.2, -0.15) is 0 Å². The van der Waals surface area contributed by atoms with Gasteiger partial charge in [0, 0.05) is 12.6 Å². The molecule has 0 aliphatic heterocycles. The van der Waals surface area contributed by atoms with Crippen molar-refractivity contribution < 1.29 is 14.8 Å². The third kappa shape index (κ3) is 2.33. The standard InChI is InChI=1S/C14H16N2O4/c17-10-3-4-12(16(19)20)11(7-10)13(18)15-8-14(5-6-14)9-1-2-9/h3-4,7,9,17H,1-2,5-6,8H2,(H,15,18). The predicted molar refractivity (Wildman–Crippen MR) is 71.5 cm³/mol. The lowest BCUT2D eigenvalue weighted by Gasteiger charge is -2.15. The van der Waals surface area contributed by atoms with Crippen molar-refractivity contribution >= 4 is 11.6 Å². The summed E-state index contributed by atoms with van der Waals surface area (Å²) in [6, 6.07) is 3.50. The van der Waals surface area contributed by atoms with E-state index in [1.54, 1.807) is 0 Å². The van der Waals surface area contributed by atoms with E-state index in [2.05, 4.69) is 5.32 Å². The van der Waals surface area contributed by atoms with Gasteiger partial charge >= 0.3 is 0 Å². The molecule has 1 amide bonds. The van der Waals surface area contributed by atoms with Crippen LogP contribution in [0.2, 0.25) is 0 Å². The van der Waals surface area contributed by atoms with Crippen LogP contribution in [0.25, 0.3) is 0 Å². The van der Waals surface area contributed by atoms with Gasteiger partial charge in [-0.15, -0.1) is 0 Å². The number of carbonyl (C=O) groups is 1. The van der Waals surface area contributed by atoms with E-state index in [1.165, 1.54) is 18.9 Å². The molecule has 106 valence electrons. The first-order valence-corrected chi connectivity index (χ1v) is 6.77. The van der Waals surface area contributed by atoms with Gasteiger partial charge in [0.15, 0.2) is 0 Å². The Labute approximate surface area is 115 Å². The average Bonchev–Trinajstić information content (AvgIpc) is 3.27. The fourth-order valence-corrected chi connectivity index (χ4v) is 2.80. The van der Waals surface area contributed by atoms with Crippen molar-refractivity contribution in [3.63, 3.8) is 0 Å². The van der Waals surface area contributed by atoms with Crippen LogP contribution in [0, 0.1) is 21.4 Å². The molecule has 2 aliphatic carbocycles. The van der Waals surface area contributed by atoms with Gasteiger partial charge in [-0.05, 0) is 49.1 Å². The van der Waals surface area contributed by atoms with Gasteiger partial charge in [0.05, 0.1) is 4.92 Å². The van der Waals surface area contributed by atoms with Gasteiger partial charge in [-0.3, -0.25) is 14.9 Å². The van der Waals surface area contributed by atoms with E-state index >= 15 is 0 Å². The number of aromatic hydroxyl groups is 1. The number of nitrogens with one attached hydrogen (secondary N) is 1. The molecule has 1 aromatic carbocycles. The van der Waals surface area contributed by atoms with Crippen molar-refractivity contribution in [3.8, 4) is 5.75 Å². The Bertz CT molecular complexity index is 577. The molecule has 6 heteroatoms. The van der Waals surface area contributed by atoms with Crippen molar-refractivity contribution in [3.05, 3.63) is 33.9 Å². The van der Waals surface area contributed by atoms with Crippen LogP contribution in [-0.2, 0) is 0 Å². The maximum Gasteiger partial charge on any atom is 0.282 e. The van der Waals surface area contributed by atoms with Crippen LogP contribution in [0.4, 0.5) is 5.69 Å². The van der Waals surface area contributed by atoms with Gasteiger partial charge < -0.3 is 10.4 Å². The second-order valence-corrected chi connectivity index (χ2v) is 5.78. The molecule has 0 spiro atoms. The lowest BCUT2D eigenvalue weighted by Crippen LogP contribution is -2.31. The highest BCUT2D eigenvalue weighted by atomic mass is 16.6. The fraction of sp³-hybridized carbons (Fsp3) is 0.500. The molecule has 0 bridgehead atoms. The number of phenolic OH excluding ortho intramolecular Hbond substituents is 1. The Kier molecular flexibility index (Phi) is 2.88. The molecule has 2 saturated carbocycles. The van der Waals surface area contributed by atoms with Crippen molar-refractivity contribution in [2.75, 3.05) is 6.54 Å². The summed E-state index contributed by atoms with van der Waals surface area (Å²) >= 11 is 0. The molecule has 0 heterocycles. The van der Waals surface area contributed by atoms with E-state index in [4.69, 9.17) is 0 Å². The van der Waals surface area contributed by atoms with Crippen LogP contribution in [0.3, 0.4) is 0 Å². The number of nitrogens with zero attached hydrogens (tertiary/aromatic N) is 1. The molecule has 6 nitrogen and oxygen atoms in total. The van der Waals surface area contributed by atoms with Crippen LogP contribution in [-0.4, -0.2) is 22.5 Å². The van der Waals surface area contributed by atoms with Crippen molar-refractivity contribution in [2.24, 2.45) is 11.3 Å². The number of carbonyl (C=O) groups excluding carboxylic acids is 1. The molecule has 0 atom stereocenters. The van der Waals surface area contributed by atoms with E-state index in [0.717, 1.165) is 25.0 Å². The monoisotopic (exact) mass is 276 g/mol. The van der Waals surface area contributed by atoms with Crippen molar-refractivity contribution in [1.82, 2.24) is 5.32 Å². The minimum Gasteiger partial charge on any atom is -0.508 e. The van der Waals surface area contributed by atoms with Crippen molar-refractivity contribution in [2.45, 2.75) is 25.7 Å². The largest absolute Gasteiger partial charge is 0.508 e. The quantitative estimate of drug-likeness (QED) is 0.637.